The van der Waals surface area contributed by atoms with Crippen LogP contribution in [0.15, 0.2) is 18.2 Å². The van der Waals surface area contributed by atoms with Gasteiger partial charge in [-0.15, -0.1) is 0 Å². The molecule has 1 aromatic carbocycles. The van der Waals surface area contributed by atoms with Crippen molar-refractivity contribution < 1.29 is 32.3 Å². The van der Waals surface area contributed by atoms with Gasteiger partial charge >= 0.3 is 5.97 Å². The van der Waals surface area contributed by atoms with Crippen LogP contribution < -0.4 is 14.8 Å². The van der Waals surface area contributed by atoms with Crippen LogP contribution in [0.1, 0.15) is 52.1 Å². The first-order valence-corrected chi connectivity index (χ1v) is 10.7. The second kappa shape index (κ2) is 11.2. The highest BCUT2D eigenvalue weighted by Crippen LogP contribution is 2.30. The van der Waals surface area contributed by atoms with Crippen LogP contribution in [-0.2, 0) is 14.9 Å². The number of methoxy groups -OCH3 is 2. The van der Waals surface area contributed by atoms with E-state index < -0.39 is 22.1 Å². The maximum Gasteiger partial charge on any atom is 0.320 e. The van der Waals surface area contributed by atoms with Crippen LogP contribution in [0.4, 0.5) is 0 Å². The van der Waals surface area contributed by atoms with Crippen molar-refractivity contribution in [1.82, 2.24) is 5.32 Å². The molecular weight excluding hydrogens is 386 g/mol. The Hall–Kier alpha value is -1.84. The highest BCUT2D eigenvalue weighted by atomic mass is 32.2. The second-order valence-electron chi connectivity index (χ2n) is 7.73. The Labute approximate surface area is 168 Å². The summed E-state index contributed by atoms with van der Waals surface area (Å²) in [6.45, 7) is 8.30. The monoisotopic (exact) mass is 419 g/mol. The van der Waals surface area contributed by atoms with Gasteiger partial charge in [-0.1, -0.05) is 26.8 Å². The van der Waals surface area contributed by atoms with Gasteiger partial charge in [0.1, 0.15) is 6.04 Å². The van der Waals surface area contributed by atoms with E-state index in [0.717, 1.165) is 12.0 Å². The number of carbonyl (C=O) groups is 1. The smallest absolute Gasteiger partial charge is 0.320 e. The molecule has 0 radical (unpaired) electrons. The molecule has 0 amide bonds. The van der Waals surface area contributed by atoms with Crippen LogP contribution in [0.5, 0.6) is 11.5 Å². The zero-order valence-electron chi connectivity index (χ0n) is 17.6. The van der Waals surface area contributed by atoms with Gasteiger partial charge < -0.3 is 14.6 Å². The molecule has 1 rings (SSSR count). The lowest BCUT2D eigenvalue weighted by atomic mass is 9.88. The van der Waals surface area contributed by atoms with E-state index in [0.29, 0.717) is 24.2 Å². The molecule has 0 bridgehead atoms. The Kier molecular flexibility index (Phi) is 10.5. The fourth-order valence-electron chi connectivity index (χ4n) is 2.38. The summed E-state index contributed by atoms with van der Waals surface area (Å²) in [5.41, 5.74) is 1.08. The van der Waals surface area contributed by atoms with Gasteiger partial charge in [-0.05, 0) is 42.9 Å². The number of nitrogens with one attached hydrogen (secondary N) is 1. The summed E-state index contributed by atoms with van der Waals surface area (Å²) in [6, 6.07) is 4.95. The van der Waals surface area contributed by atoms with Gasteiger partial charge in [0.15, 0.2) is 11.5 Å². The minimum Gasteiger partial charge on any atom is -0.493 e. The largest absolute Gasteiger partial charge is 0.493 e. The number of carboxylic acid groups (broad SMARTS) is 1. The highest BCUT2D eigenvalue weighted by molar-refractivity contribution is 7.85. The van der Waals surface area contributed by atoms with Crippen LogP contribution in [0.3, 0.4) is 0 Å². The SMILES string of the molecule is COc1ccc([C@H](C)N[C@@H](CCC(C)(C)C)C(=O)O)cc1OC.CS(=O)(=O)O. The Bertz CT molecular complexity index is 718. The van der Waals surface area contributed by atoms with Gasteiger partial charge in [0.25, 0.3) is 10.1 Å². The Balaban J connectivity index is 0.00000129. The minimum atomic E-state index is -3.67. The van der Waals surface area contributed by atoms with E-state index in [4.69, 9.17) is 14.0 Å². The average molecular weight is 420 g/mol. The van der Waals surface area contributed by atoms with E-state index in [1.807, 2.05) is 25.1 Å². The van der Waals surface area contributed by atoms with Gasteiger partial charge in [0.2, 0.25) is 0 Å². The van der Waals surface area contributed by atoms with E-state index in [2.05, 4.69) is 26.1 Å². The molecule has 8 nitrogen and oxygen atoms in total. The van der Waals surface area contributed by atoms with Crippen molar-refractivity contribution >= 4 is 16.1 Å². The van der Waals surface area contributed by atoms with Gasteiger partial charge in [-0.2, -0.15) is 8.42 Å². The molecule has 0 unspecified atom stereocenters. The van der Waals surface area contributed by atoms with Gasteiger partial charge in [0.05, 0.1) is 20.5 Å². The Morgan fingerprint density at radius 3 is 2.07 bits per heavy atom. The molecule has 162 valence electrons. The molecule has 0 saturated carbocycles. The molecule has 0 fully saturated rings. The predicted octanol–water partition coefficient (Wildman–Crippen LogP) is 3.14. The fourth-order valence-corrected chi connectivity index (χ4v) is 2.38. The molecule has 28 heavy (non-hydrogen) atoms. The minimum absolute atomic E-state index is 0.101. The molecule has 0 aliphatic rings. The third-order valence-corrected chi connectivity index (χ3v) is 3.84. The van der Waals surface area contributed by atoms with Crippen molar-refractivity contribution in [1.29, 1.82) is 0 Å². The molecule has 0 aromatic heterocycles. The van der Waals surface area contributed by atoms with Crippen LogP contribution in [-0.4, -0.2) is 50.6 Å². The quantitative estimate of drug-likeness (QED) is 0.549. The number of aliphatic carboxylic acids is 1. The van der Waals surface area contributed by atoms with E-state index in [9.17, 15) is 18.3 Å². The third kappa shape index (κ3) is 11.8. The zero-order valence-corrected chi connectivity index (χ0v) is 18.5. The van der Waals surface area contributed by atoms with Crippen molar-refractivity contribution in [2.24, 2.45) is 5.41 Å². The normalized spacial score (nSPS) is 13.7. The van der Waals surface area contributed by atoms with Crippen LogP contribution in [0.25, 0.3) is 0 Å². The van der Waals surface area contributed by atoms with Crippen LogP contribution >= 0.6 is 0 Å². The first-order chi connectivity index (χ1) is 12.7. The Morgan fingerprint density at radius 1 is 1.18 bits per heavy atom. The molecule has 0 heterocycles. The summed E-state index contributed by atoms with van der Waals surface area (Å²) in [7, 11) is -0.491. The molecule has 1 aromatic rings. The number of carboxylic acids is 1. The van der Waals surface area contributed by atoms with Crippen molar-refractivity contribution in [2.75, 3.05) is 20.5 Å². The molecule has 0 aliphatic heterocycles. The zero-order chi connectivity index (χ0) is 22.1. The summed E-state index contributed by atoms with van der Waals surface area (Å²) in [5.74, 6) is 0.479. The average Bonchev–Trinajstić information content (AvgIpc) is 2.55. The topological polar surface area (TPSA) is 122 Å². The predicted molar refractivity (Wildman–Crippen MR) is 109 cm³/mol. The lowest BCUT2D eigenvalue weighted by molar-refractivity contribution is -0.140. The first kappa shape index (κ1) is 26.2. The maximum atomic E-state index is 11.5. The highest BCUT2D eigenvalue weighted by Gasteiger charge is 2.23. The summed E-state index contributed by atoms with van der Waals surface area (Å²) in [4.78, 5) is 11.5. The van der Waals surface area contributed by atoms with Crippen LogP contribution in [0, 0.1) is 5.41 Å². The van der Waals surface area contributed by atoms with Gasteiger partial charge in [-0.25, -0.2) is 0 Å². The van der Waals surface area contributed by atoms with E-state index >= 15 is 0 Å². The second-order valence-corrected chi connectivity index (χ2v) is 9.19. The van der Waals surface area contributed by atoms with Crippen molar-refractivity contribution in [3.8, 4) is 11.5 Å². The number of rotatable bonds is 8. The summed E-state index contributed by atoms with van der Waals surface area (Å²) < 4.78 is 36.4. The molecular formula is C19H33NO7S. The molecule has 2 atom stereocenters. The van der Waals surface area contributed by atoms with E-state index in [1.165, 1.54) is 0 Å². The standard InChI is InChI=1S/C18H29NO4.CH4O3S/c1-12(13-7-8-15(22-5)16(11-13)23-6)19-14(17(20)21)9-10-18(2,3)4;1-5(2,3)4/h7-8,11-12,14,19H,9-10H2,1-6H3,(H,20,21);1H3,(H,2,3,4)/t12-,14-;/m0./s1. The third-order valence-electron chi connectivity index (χ3n) is 3.84. The van der Waals surface area contributed by atoms with Crippen LogP contribution in [0.2, 0.25) is 0 Å². The summed E-state index contributed by atoms with van der Waals surface area (Å²) >= 11 is 0. The summed E-state index contributed by atoms with van der Waals surface area (Å²) in [6.07, 6.45) is 2.15. The summed E-state index contributed by atoms with van der Waals surface area (Å²) in [5, 5.41) is 12.6. The molecule has 0 aliphatic carbocycles. The lowest BCUT2D eigenvalue weighted by Gasteiger charge is -2.24. The van der Waals surface area contributed by atoms with Crippen molar-refractivity contribution in [3.05, 3.63) is 23.8 Å². The van der Waals surface area contributed by atoms with Gasteiger partial charge in [-0.3, -0.25) is 14.7 Å². The first-order valence-electron chi connectivity index (χ1n) is 8.81. The van der Waals surface area contributed by atoms with E-state index in [-0.39, 0.29) is 11.5 Å². The fraction of sp³-hybridized carbons (Fsp3) is 0.632. The van der Waals surface area contributed by atoms with Crippen molar-refractivity contribution in [3.63, 3.8) is 0 Å². The number of ether oxygens (including phenoxy) is 2. The Morgan fingerprint density at radius 2 is 1.68 bits per heavy atom. The lowest BCUT2D eigenvalue weighted by Crippen LogP contribution is -2.39. The molecule has 0 spiro atoms. The number of benzene rings is 1. The number of hydrogen-bond donors (Lipinski definition) is 3. The molecule has 9 heteroatoms. The molecule has 0 saturated heterocycles. The number of hydrogen-bond acceptors (Lipinski definition) is 6. The van der Waals surface area contributed by atoms with E-state index in [1.54, 1.807) is 14.2 Å². The van der Waals surface area contributed by atoms with Crippen molar-refractivity contribution in [2.45, 2.75) is 52.6 Å². The molecule has 3 N–H and O–H groups in total. The van der Waals surface area contributed by atoms with Gasteiger partial charge in [0, 0.05) is 6.04 Å². The maximum absolute atomic E-state index is 11.5.